The van der Waals surface area contributed by atoms with Gasteiger partial charge in [-0.25, -0.2) is 4.79 Å². The summed E-state index contributed by atoms with van der Waals surface area (Å²) in [4.78, 5) is 35.9. The van der Waals surface area contributed by atoms with Gasteiger partial charge in [-0.1, -0.05) is 12.1 Å². The highest BCUT2D eigenvalue weighted by molar-refractivity contribution is 5.91. The van der Waals surface area contributed by atoms with Gasteiger partial charge < -0.3 is 19.5 Å². The summed E-state index contributed by atoms with van der Waals surface area (Å²) in [5.41, 5.74) is -1.44. The van der Waals surface area contributed by atoms with Crippen molar-refractivity contribution in [2.45, 2.75) is 31.0 Å². The molecule has 1 aromatic rings. The molecule has 0 aromatic heterocycles. The van der Waals surface area contributed by atoms with Crippen molar-refractivity contribution in [3.8, 4) is 5.75 Å². The van der Waals surface area contributed by atoms with E-state index in [-0.39, 0.29) is 19.4 Å². The van der Waals surface area contributed by atoms with Crippen LogP contribution in [0, 0.1) is 10.1 Å². The fourth-order valence-electron chi connectivity index (χ4n) is 2.90. The van der Waals surface area contributed by atoms with Gasteiger partial charge >= 0.3 is 5.97 Å². The molecule has 0 saturated carbocycles. The lowest BCUT2D eigenvalue weighted by Crippen LogP contribution is -2.61. The van der Waals surface area contributed by atoms with E-state index in [0.29, 0.717) is 11.3 Å². The topological polar surface area (TPSA) is 119 Å². The molecule has 0 aliphatic carbocycles. The monoisotopic (exact) mass is 352 g/mol. The smallest absolute Gasteiger partial charge is 0.328 e. The van der Waals surface area contributed by atoms with Gasteiger partial charge in [-0.15, -0.1) is 0 Å². The summed E-state index contributed by atoms with van der Waals surface area (Å²) in [6, 6.07) is 5.91. The number of methoxy groups -OCH3 is 2. The molecule has 1 fully saturated rings. The summed E-state index contributed by atoms with van der Waals surface area (Å²) in [7, 11) is 2.73. The number of carbonyl (C=O) groups is 2. The number of aliphatic hydroxyl groups is 1. The first-order valence-corrected chi connectivity index (χ1v) is 7.66. The second kappa shape index (κ2) is 7.47. The second-order valence-electron chi connectivity index (χ2n) is 5.88. The molecule has 2 unspecified atom stereocenters. The molecule has 136 valence electrons. The maximum Gasteiger partial charge on any atom is 0.328 e. The van der Waals surface area contributed by atoms with E-state index < -0.39 is 35.0 Å². The second-order valence-corrected chi connectivity index (χ2v) is 5.88. The van der Waals surface area contributed by atoms with E-state index in [0.717, 1.165) is 4.90 Å². The van der Waals surface area contributed by atoms with E-state index in [2.05, 4.69) is 0 Å². The number of hydrogen-bond acceptors (Lipinski definition) is 7. The zero-order valence-corrected chi connectivity index (χ0v) is 14.0. The minimum atomic E-state index is -2.12. The Morgan fingerprint density at radius 2 is 2.04 bits per heavy atom. The molecule has 2 atom stereocenters. The number of amides is 1. The third-order valence-electron chi connectivity index (χ3n) is 4.24. The van der Waals surface area contributed by atoms with E-state index in [1.807, 2.05) is 0 Å². The van der Waals surface area contributed by atoms with Gasteiger partial charge in [0.2, 0.25) is 12.1 Å². The molecule has 25 heavy (non-hydrogen) atoms. The third-order valence-corrected chi connectivity index (χ3v) is 4.24. The Labute approximate surface area is 144 Å². The van der Waals surface area contributed by atoms with Crippen molar-refractivity contribution in [1.29, 1.82) is 0 Å². The van der Waals surface area contributed by atoms with Crippen molar-refractivity contribution in [3.05, 3.63) is 39.9 Å². The lowest BCUT2D eigenvalue weighted by Gasteiger charge is -2.40. The summed E-state index contributed by atoms with van der Waals surface area (Å²) < 4.78 is 9.79. The number of nitrogens with zero attached hydrogens (tertiary/aromatic N) is 2. The van der Waals surface area contributed by atoms with Gasteiger partial charge in [0.25, 0.3) is 5.91 Å². The van der Waals surface area contributed by atoms with Crippen molar-refractivity contribution >= 4 is 11.9 Å². The molecule has 0 spiro atoms. The zero-order valence-electron chi connectivity index (χ0n) is 14.0. The van der Waals surface area contributed by atoms with E-state index in [1.54, 1.807) is 24.3 Å². The Balaban J connectivity index is 2.29. The van der Waals surface area contributed by atoms with Crippen LogP contribution in [-0.4, -0.2) is 59.2 Å². The molecule has 1 saturated heterocycles. The first-order valence-electron chi connectivity index (χ1n) is 7.66. The molecule has 1 aromatic carbocycles. The molecular formula is C16H20N2O7. The van der Waals surface area contributed by atoms with Crippen molar-refractivity contribution in [3.63, 3.8) is 0 Å². The molecule has 1 N–H and O–H groups in total. The van der Waals surface area contributed by atoms with Crippen LogP contribution in [0.5, 0.6) is 5.75 Å². The van der Waals surface area contributed by atoms with Crippen LogP contribution in [0.2, 0.25) is 0 Å². The lowest BCUT2D eigenvalue weighted by molar-refractivity contribution is -0.498. The summed E-state index contributed by atoms with van der Waals surface area (Å²) in [6.07, 6.45) is -0.0927. The summed E-state index contributed by atoms with van der Waals surface area (Å²) >= 11 is 0. The van der Waals surface area contributed by atoms with Crippen LogP contribution < -0.4 is 4.74 Å². The fourth-order valence-corrected chi connectivity index (χ4v) is 2.90. The van der Waals surface area contributed by atoms with Crippen molar-refractivity contribution < 1.29 is 29.1 Å². The maximum absolute atomic E-state index is 12.7. The van der Waals surface area contributed by atoms with Crippen molar-refractivity contribution in [1.82, 2.24) is 4.90 Å². The maximum atomic E-state index is 12.7. The number of ether oxygens (including phenoxy) is 2. The van der Waals surface area contributed by atoms with E-state index in [4.69, 9.17) is 9.47 Å². The highest BCUT2D eigenvalue weighted by Gasteiger charge is 2.51. The molecule has 0 radical (unpaired) electrons. The van der Waals surface area contributed by atoms with E-state index >= 15 is 0 Å². The number of esters is 1. The van der Waals surface area contributed by atoms with Crippen molar-refractivity contribution in [2.75, 3.05) is 20.8 Å². The Kier molecular flexibility index (Phi) is 5.58. The first kappa shape index (κ1) is 18.7. The van der Waals surface area contributed by atoms with Crippen LogP contribution in [0.3, 0.4) is 0 Å². The average Bonchev–Trinajstić information content (AvgIpc) is 2.58. The summed E-state index contributed by atoms with van der Waals surface area (Å²) in [6.45, 7) is -0.887. The third kappa shape index (κ3) is 4.05. The number of benzene rings is 1. The fraction of sp³-hybridized carbons (Fsp3) is 0.500. The quantitative estimate of drug-likeness (QED) is 0.446. The Hall–Kier alpha value is -2.68. The molecule has 1 amide bonds. The molecule has 1 aliphatic rings. The average molecular weight is 352 g/mol. The Morgan fingerprint density at radius 3 is 2.56 bits per heavy atom. The SMILES string of the molecule is COC(=O)C1CCC(O)(C[N+](=O)[O-])C(=O)N1Cc1ccc(OC)cc1. The summed E-state index contributed by atoms with van der Waals surface area (Å²) in [5.74, 6) is -0.838. The molecule has 1 heterocycles. The van der Waals surface area contributed by atoms with E-state index in [9.17, 15) is 24.8 Å². The van der Waals surface area contributed by atoms with E-state index in [1.165, 1.54) is 14.2 Å². The predicted molar refractivity (Wildman–Crippen MR) is 85.4 cm³/mol. The van der Waals surface area contributed by atoms with Crippen LogP contribution in [0.1, 0.15) is 18.4 Å². The molecular weight excluding hydrogens is 332 g/mol. The minimum absolute atomic E-state index is 0.0165. The van der Waals surface area contributed by atoms with Crippen molar-refractivity contribution in [2.24, 2.45) is 0 Å². The number of piperidine rings is 1. The largest absolute Gasteiger partial charge is 0.497 e. The first-order chi connectivity index (χ1) is 11.8. The number of hydrogen-bond donors (Lipinski definition) is 1. The number of likely N-dealkylation sites (tertiary alicyclic amines) is 1. The van der Waals surface area contributed by atoms with Crippen LogP contribution in [-0.2, 0) is 20.9 Å². The Morgan fingerprint density at radius 1 is 1.40 bits per heavy atom. The van der Waals surface area contributed by atoms with Gasteiger partial charge in [-0.2, -0.15) is 0 Å². The van der Waals surface area contributed by atoms with Crippen LogP contribution in [0.15, 0.2) is 24.3 Å². The van der Waals surface area contributed by atoms with Gasteiger partial charge in [0.15, 0.2) is 0 Å². The standard InChI is InChI=1S/C16H20N2O7/c1-24-12-5-3-11(4-6-12)9-17-13(14(19)25-2)7-8-16(21,15(17)20)10-18(22)23/h3-6,13,21H,7-10H2,1-2H3. The zero-order chi connectivity index (χ0) is 18.6. The van der Waals surface area contributed by atoms with Gasteiger partial charge in [0, 0.05) is 11.5 Å². The molecule has 9 heteroatoms. The highest BCUT2D eigenvalue weighted by atomic mass is 16.6. The molecule has 1 aliphatic heterocycles. The van der Waals surface area contributed by atoms with Gasteiger partial charge in [-0.3, -0.25) is 14.9 Å². The normalized spacial score (nSPS) is 23.2. The molecule has 2 rings (SSSR count). The molecule has 9 nitrogen and oxygen atoms in total. The highest BCUT2D eigenvalue weighted by Crippen LogP contribution is 2.29. The minimum Gasteiger partial charge on any atom is -0.497 e. The number of carbonyl (C=O) groups excluding carboxylic acids is 2. The van der Waals surface area contributed by atoms with Gasteiger partial charge in [0.1, 0.15) is 11.8 Å². The number of rotatable bonds is 6. The van der Waals surface area contributed by atoms with Crippen LogP contribution in [0.4, 0.5) is 0 Å². The van der Waals surface area contributed by atoms with Crippen LogP contribution in [0.25, 0.3) is 0 Å². The van der Waals surface area contributed by atoms with Gasteiger partial charge in [-0.05, 0) is 30.5 Å². The van der Waals surface area contributed by atoms with Crippen LogP contribution >= 0.6 is 0 Å². The molecule has 0 bridgehead atoms. The van der Waals surface area contributed by atoms with Gasteiger partial charge in [0.05, 0.1) is 14.2 Å². The lowest BCUT2D eigenvalue weighted by atomic mass is 9.87. The Bertz CT molecular complexity index is 661. The number of nitro groups is 1. The predicted octanol–water partition coefficient (Wildman–Crippen LogP) is 0.367. The summed E-state index contributed by atoms with van der Waals surface area (Å²) in [5, 5.41) is 21.2.